The van der Waals surface area contributed by atoms with E-state index in [1.807, 2.05) is 49.4 Å². The third-order valence-corrected chi connectivity index (χ3v) is 5.94. The van der Waals surface area contributed by atoms with Gasteiger partial charge in [-0.3, -0.25) is 4.79 Å². The van der Waals surface area contributed by atoms with Crippen LogP contribution in [0.15, 0.2) is 59.5 Å². The molecule has 1 saturated heterocycles. The molecule has 1 amide bonds. The molecule has 3 atom stereocenters. The lowest BCUT2D eigenvalue weighted by molar-refractivity contribution is -0.163. The summed E-state index contributed by atoms with van der Waals surface area (Å²) in [6.45, 7) is 5.45. The first-order chi connectivity index (χ1) is 15.9. The summed E-state index contributed by atoms with van der Waals surface area (Å²) in [5.74, 6) is -1.90. The van der Waals surface area contributed by atoms with E-state index < -0.39 is 41.6 Å². The first-order valence-corrected chi connectivity index (χ1v) is 11.5. The van der Waals surface area contributed by atoms with Crippen LogP contribution >= 0.6 is 11.8 Å². The van der Waals surface area contributed by atoms with Crippen molar-refractivity contribution < 1.29 is 33.3 Å². The first kappa shape index (κ1) is 24.8. The van der Waals surface area contributed by atoms with Gasteiger partial charge in [-0.2, -0.15) is 0 Å². The standard InChI is InChI=1S/C24H27NO7S/c1-4-29-22(27)18-19(23(28)30-5-2)32-24(31-18)20(33-17-9-7-6-8-10-17)21(26)25-16-13-11-15(3)12-14-16/h6-14,18-20,24H,4-5H2,1-3H3,(H,25,26)/t18-,19-,20?/m1/s1. The highest BCUT2D eigenvalue weighted by molar-refractivity contribution is 8.00. The van der Waals surface area contributed by atoms with Crippen molar-refractivity contribution >= 4 is 35.3 Å². The van der Waals surface area contributed by atoms with Crippen molar-refractivity contribution in [1.82, 2.24) is 0 Å². The number of hydrogen-bond donors (Lipinski definition) is 1. The molecule has 1 heterocycles. The maximum Gasteiger partial charge on any atom is 0.338 e. The highest BCUT2D eigenvalue weighted by Gasteiger charge is 2.51. The van der Waals surface area contributed by atoms with Gasteiger partial charge in [-0.15, -0.1) is 11.8 Å². The van der Waals surface area contributed by atoms with E-state index in [1.165, 1.54) is 11.8 Å². The molecule has 8 nitrogen and oxygen atoms in total. The van der Waals surface area contributed by atoms with E-state index in [1.54, 1.807) is 26.0 Å². The highest BCUT2D eigenvalue weighted by atomic mass is 32.2. The zero-order chi connectivity index (χ0) is 23.8. The van der Waals surface area contributed by atoms with E-state index in [0.29, 0.717) is 5.69 Å². The average molecular weight is 474 g/mol. The molecule has 33 heavy (non-hydrogen) atoms. The third kappa shape index (κ3) is 6.56. The van der Waals surface area contributed by atoms with Crippen LogP contribution < -0.4 is 5.32 Å². The highest BCUT2D eigenvalue weighted by Crippen LogP contribution is 2.34. The Morgan fingerprint density at radius 3 is 1.97 bits per heavy atom. The molecule has 9 heteroatoms. The number of benzene rings is 2. The maximum absolute atomic E-state index is 13.3. The van der Waals surface area contributed by atoms with Crippen LogP contribution in [-0.4, -0.2) is 54.8 Å². The fraction of sp³-hybridized carbons (Fsp3) is 0.375. The molecule has 1 unspecified atom stereocenters. The molecule has 0 saturated carbocycles. The van der Waals surface area contributed by atoms with Gasteiger partial charge in [0.25, 0.3) is 0 Å². The molecule has 176 valence electrons. The quantitative estimate of drug-likeness (QED) is 0.437. The van der Waals surface area contributed by atoms with Crippen LogP contribution in [0, 0.1) is 6.92 Å². The van der Waals surface area contributed by atoms with Crippen molar-refractivity contribution in [3.8, 4) is 0 Å². The van der Waals surface area contributed by atoms with Crippen molar-refractivity contribution in [2.24, 2.45) is 0 Å². The molecular weight excluding hydrogens is 446 g/mol. The summed E-state index contributed by atoms with van der Waals surface area (Å²) in [6, 6.07) is 16.6. The minimum Gasteiger partial charge on any atom is -0.464 e. The first-order valence-electron chi connectivity index (χ1n) is 10.7. The van der Waals surface area contributed by atoms with Gasteiger partial charge in [-0.25, -0.2) is 9.59 Å². The second kappa shape index (κ2) is 11.8. The van der Waals surface area contributed by atoms with Gasteiger partial charge < -0.3 is 24.3 Å². The van der Waals surface area contributed by atoms with E-state index in [2.05, 4.69) is 5.32 Å². The Bertz CT molecular complexity index is 925. The lowest BCUT2D eigenvalue weighted by Gasteiger charge is -2.22. The fourth-order valence-corrected chi connectivity index (χ4v) is 4.16. The van der Waals surface area contributed by atoms with Gasteiger partial charge in [0, 0.05) is 10.6 Å². The monoisotopic (exact) mass is 473 g/mol. The number of ether oxygens (including phenoxy) is 4. The number of carbonyl (C=O) groups is 3. The Balaban J connectivity index is 1.86. The van der Waals surface area contributed by atoms with Crippen LogP contribution in [0.3, 0.4) is 0 Å². The number of amides is 1. The minimum atomic E-state index is -1.33. The summed E-state index contributed by atoms with van der Waals surface area (Å²) in [5, 5.41) is 1.93. The van der Waals surface area contributed by atoms with Crippen LogP contribution in [0.1, 0.15) is 19.4 Å². The molecule has 3 rings (SSSR count). The Morgan fingerprint density at radius 2 is 1.45 bits per heavy atom. The Hall–Kier alpha value is -2.88. The summed E-state index contributed by atoms with van der Waals surface area (Å²) < 4.78 is 21.7. The number of anilines is 1. The lowest BCUT2D eigenvalue weighted by Crippen LogP contribution is -2.39. The van der Waals surface area contributed by atoms with Gasteiger partial charge in [0.2, 0.25) is 5.91 Å². The van der Waals surface area contributed by atoms with Crippen LogP contribution in [0.4, 0.5) is 5.69 Å². The molecule has 1 aliphatic heterocycles. The van der Waals surface area contributed by atoms with E-state index >= 15 is 0 Å². The molecule has 0 bridgehead atoms. The van der Waals surface area contributed by atoms with Crippen molar-refractivity contribution in [2.75, 3.05) is 18.5 Å². The van der Waals surface area contributed by atoms with E-state index in [9.17, 15) is 14.4 Å². The van der Waals surface area contributed by atoms with E-state index in [4.69, 9.17) is 18.9 Å². The summed E-state index contributed by atoms with van der Waals surface area (Å²) in [4.78, 5) is 38.9. The van der Waals surface area contributed by atoms with Gasteiger partial charge in [-0.05, 0) is 45.0 Å². The average Bonchev–Trinajstić information content (AvgIpc) is 3.25. The van der Waals surface area contributed by atoms with E-state index in [0.717, 1.165) is 10.5 Å². The van der Waals surface area contributed by atoms with Crippen molar-refractivity contribution in [3.63, 3.8) is 0 Å². The predicted octanol–water partition coefficient (Wildman–Crippen LogP) is 3.33. The number of rotatable bonds is 9. The van der Waals surface area contributed by atoms with E-state index in [-0.39, 0.29) is 13.2 Å². The molecule has 0 spiro atoms. The summed E-state index contributed by atoms with van der Waals surface area (Å²) >= 11 is 1.20. The largest absolute Gasteiger partial charge is 0.464 e. The van der Waals surface area contributed by atoms with Crippen molar-refractivity contribution in [1.29, 1.82) is 0 Å². The SMILES string of the molecule is CCOC(=O)[C@@H]1OC(C(Sc2ccccc2)C(=O)Nc2ccc(C)cc2)O[C@H]1C(=O)OCC. The number of thioether (sulfide) groups is 1. The van der Waals surface area contributed by atoms with Gasteiger partial charge in [-0.1, -0.05) is 35.9 Å². The second-order valence-electron chi connectivity index (χ2n) is 7.19. The zero-order valence-electron chi connectivity index (χ0n) is 18.7. The van der Waals surface area contributed by atoms with Crippen LogP contribution in [-0.2, 0) is 33.3 Å². The molecule has 0 aromatic heterocycles. The molecule has 2 aromatic rings. The maximum atomic E-state index is 13.3. The number of esters is 2. The molecule has 1 fully saturated rings. The fourth-order valence-electron chi connectivity index (χ4n) is 3.14. The van der Waals surface area contributed by atoms with Crippen LogP contribution in [0.2, 0.25) is 0 Å². The molecule has 0 aliphatic carbocycles. The van der Waals surface area contributed by atoms with Gasteiger partial charge >= 0.3 is 11.9 Å². The molecule has 1 N–H and O–H groups in total. The number of carbonyl (C=O) groups excluding carboxylic acids is 3. The Kier molecular flexibility index (Phi) is 8.87. The normalized spacial score (nSPS) is 19.0. The van der Waals surface area contributed by atoms with Gasteiger partial charge in [0.15, 0.2) is 18.5 Å². The summed E-state index contributed by atoms with van der Waals surface area (Å²) in [7, 11) is 0. The van der Waals surface area contributed by atoms with Gasteiger partial charge in [0.1, 0.15) is 5.25 Å². The third-order valence-electron chi connectivity index (χ3n) is 4.71. The Morgan fingerprint density at radius 1 is 0.909 bits per heavy atom. The predicted molar refractivity (Wildman–Crippen MR) is 123 cm³/mol. The topological polar surface area (TPSA) is 100 Å². The molecular formula is C24H27NO7S. The summed E-state index contributed by atoms with van der Waals surface area (Å²) in [5.41, 5.74) is 1.66. The van der Waals surface area contributed by atoms with Crippen LogP contribution in [0.25, 0.3) is 0 Å². The molecule has 2 aromatic carbocycles. The smallest absolute Gasteiger partial charge is 0.338 e. The van der Waals surface area contributed by atoms with Crippen LogP contribution in [0.5, 0.6) is 0 Å². The number of hydrogen-bond acceptors (Lipinski definition) is 8. The van der Waals surface area contributed by atoms with Crippen molar-refractivity contribution in [3.05, 3.63) is 60.2 Å². The Labute approximate surface area is 196 Å². The molecule has 1 aliphatic rings. The summed E-state index contributed by atoms with van der Waals surface area (Å²) in [6.07, 6.45) is -3.86. The van der Waals surface area contributed by atoms with Gasteiger partial charge in [0.05, 0.1) is 13.2 Å². The number of aryl methyl sites for hydroxylation is 1. The van der Waals surface area contributed by atoms with Crippen molar-refractivity contribution in [2.45, 2.75) is 49.4 Å². The second-order valence-corrected chi connectivity index (χ2v) is 8.41. The zero-order valence-corrected chi connectivity index (χ0v) is 19.5. The molecule has 0 radical (unpaired) electrons. The lowest BCUT2D eigenvalue weighted by atomic mass is 10.2. The minimum absolute atomic E-state index is 0.106. The number of nitrogens with one attached hydrogen (secondary N) is 1.